The molecule has 2 aliphatic rings. The fourth-order valence-electron chi connectivity index (χ4n) is 3.85. The first-order valence-electron chi connectivity index (χ1n) is 7.19. The molecule has 3 heteroatoms. The van der Waals surface area contributed by atoms with Crippen LogP contribution in [0, 0.1) is 5.41 Å². The molecule has 0 amide bonds. The molecule has 0 radical (unpaired) electrons. The normalized spacial score (nSPS) is 28.8. The van der Waals surface area contributed by atoms with Crippen LogP contribution in [0.25, 0.3) is 0 Å². The van der Waals surface area contributed by atoms with E-state index in [-0.39, 0.29) is 5.41 Å². The third-order valence-electron chi connectivity index (χ3n) is 5.29. The van der Waals surface area contributed by atoms with Crippen LogP contribution in [-0.2, 0) is 0 Å². The Labute approximate surface area is 105 Å². The molecular formula is C14H28N2O. The fourth-order valence-corrected chi connectivity index (χ4v) is 3.85. The third kappa shape index (κ3) is 2.25. The molecule has 0 aromatic rings. The van der Waals surface area contributed by atoms with Gasteiger partial charge in [0, 0.05) is 31.1 Å². The van der Waals surface area contributed by atoms with E-state index in [4.69, 9.17) is 5.73 Å². The highest BCUT2D eigenvalue weighted by atomic mass is 16.3. The smallest absolute Gasteiger partial charge is 0.0740 e. The first kappa shape index (κ1) is 13.3. The summed E-state index contributed by atoms with van der Waals surface area (Å²) >= 11 is 0. The van der Waals surface area contributed by atoms with Crippen molar-refractivity contribution in [1.82, 2.24) is 4.90 Å². The Bertz CT molecular complexity index is 251. The van der Waals surface area contributed by atoms with E-state index in [1.54, 1.807) is 0 Å². The largest absolute Gasteiger partial charge is 0.389 e. The Balaban J connectivity index is 2.05. The van der Waals surface area contributed by atoms with Gasteiger partial charge in [-0.25, -0.2) is 0 Å². The van der Waals surface area contributed by atoms with Crippen LogP contribution < -0.4 is 5.73 Å². The van der Waals surface area contributed by atoms with E-state index in [0.29, 0.717) is 12.6 Å². The molecule has 0 aromatic carbocycles. The molecule has 0 atom stereocenters. The number of nitrogens with two attached hydrogens (primary N) is 1. The fraction of sp³-hybridized carbons (Fsp3) is 1.00. The van der Waals surface area contributed by atoms with Gasteiger partial charge in [0.05, 0.1) is 5.60 Å². The van der Waals surface area contributed by atoms with Gasteiger partial charge in [-0.2, -0.15) is 0 Å². The van der Waals surface area contributed by atoms with Crippen LogP contribution >= 0.6 is 0 Å². The van der Waals surface area contributed by atoms with Crippen LogP contribution in [0.1, 0.15) is 52.4 Å². The second-order valence-corrected chi connectivity index (χ2v) is 6.35. The number of piperidine rings is 1. The maximum atomic E-state index is 11.0. The Hall–Kier alpha value is -0.120. The second kappa shape index (κ2) is 4.87. The first-order valence-corrected chi connectivity index (χ1v) is 7.19. The van der Waals surface area contributed by atoms with Crippen molar-refractivity contribution < 1.29 is 5.11 Å². The summed E-state index contributed by atoms with van der Waals surface area (Å²) in [6.45, 7) is 7.17. The highest BCUT2D eigenvalue weighted by Gasteiger charge is 2.51. The number of hydrogen-bond donors (Lipinski definition) is 2. The van der Waals surface area contributed by atoms with Crippen molar-refractivity contribution in [2.24, 2.45) is 11.1 Å². The molecule has 3 nitrogen and oxygen atoms in total. The minimum absolute atomic E-state index is 0.0239. The predicted octanol–water partition coefficient (Wildman–Crippen LogP) is 1.74. The second-order valence-electron chi connectivity index (χ2n) is 6.35. The van der Waals surface area contributed by atoms with E-state index < -0.39 is 5.60 Å². The van der Waals surface area contributed by atoms with Gasteiger partial charge in [-0.3, -0.25) is 0 Å². The molecule has 17 heavy (non-hydrogen) atoms. The average molecular weight is 240 g/mol. The van der Waals surface area contributed by atoms with Crippen molar-refractivity contribution in [2.75, 3.05) is 19.6 Å². The molecule has 0 aromatic heterocycles. The summed E-state index contributed by atoms with van der Waals surface area (Å²) in [7, 11) is 0. The van der Waals surface area contributed by atoms with Gasteiger partial charge in [-0.15, -0.1) is 0 Å². The highest BCUT2D eigenvalue weighted by molar-refractivity contribution is 5.04. The third-order valence-corrected chi connectivity index (χ3v) is 5.29. The summed E-state index contributed by atoms with van der Waals surface area (Å²) in [6.07, 6.45) is 6.55. The van der Waals surface area contributed by atoms with Crippen LogP contribution in [0.5, 0.6) is 0 Å². The van der Waals surface area contributed by atoms with Crippen LogP contribution in [0.4, 0.5) is 0 Å². The molecule has 100 valence electrons. The van der Waals surface area contributed by atoms with Crippen molar-refractivity contribution in [2.45, 2.75) is 64.0 Å². The molecule has 0 spiro atoms. The number of hydrogen-bond acceptors (Lipinski definition) is 3. The van der Waals surface area contributed by atoms with Crippen molar-refractivity contribution >= 4 is 0 Å². The molecular weight excluding hydrogens is 212 g/mol. The maximum absolute atomic E-state index is 11.0. The quantitative estimate of drug-likeness (QED) is 0.790. The van der Waals surface area contributed by atoms with Gasteiger partial charge >= 0.3 is 0 Å². The Morgan fingerprint density at radius 3 is 2.06 bits per heavy atom. The summed E-state index contributed by atoms with van der Waals surface area (Å²) in [4.78, 5) is 2.47. The molecule has 1 saturated carbocycles. The molecule has 1 aliphatic carbocycles. The van der Waals surface area contributed by atoms with Crippen LogP contribution in [0.15, 0.2) is 0 Å². The lowest BCUT2D eigenvalue weighted by atomic mass is 9.66. The lowest BCUT2D eigenvalue weighted by Gasteiger charge is -2.50. The lowest BCUT2D eigenvalue weighted by Crippen LogP contribution is -2.57. The topological polar surface area (TPSA) is 49.5 Å². The van der Waals surface area contributed by atoms with E-state index in [2.05, 4.69) is 18.7 Å². The molecule has 2 fully saturated rings. The molecule has 3 N–H and O–H groups in total. The van der Waals surface area contributed by atoms with Gasteiger partial charge in [-0.05, 0) is 39.5 Å². The number of rotatable bonds is 3. The van der Waals surface area contributed by atoms with E-state index in [0.717, 1.165) is 38.8 Å². The van der Waals surface area contributed by atoms with Crippen molar-refractivity contribution in [1.29, 1.82) is 0 Å². The number of aliphatic hydroxyl groups is 1. The number of likely N-dealkylation sites (tertiary alicyclic amines) is 1. The standard InChI is InChI=1S/C14H28N2O/c1-12(2)16-9-7-14(17,8-10-16)13(11-15)5-3-4-6-13/h12,17H,3-11,15H2,1-2H3. The Morgan fingerprint density at radius 1 is 1.12 bits per heavy atom. The zero-order valence-electron chi connectivity index (χ0n) is 11.4. The molecule has 2 rings (SSSR count). The van der Waals surface area contributed by atoms with Gasteiger partial charge in [0.15, 0.2) is 0 Å². The zero-order chi connectivity index (χ0) is 12.5. The summed E-state index contributed by atoms with van der Waals surface area (Å²) < 4.78 is 0. The van der Waals surface area contributed by atoms with Crippen LogP contribution in [-0.4, -0.2) is 41.3 Å². The minimum atomic E-state index is -0.496. The predicted molar refractivity (Wildman–Crippen MR) is 70.8 cm³/mol. The maximum Gasteiger partial charge on any atom is 0.0740 e. The summed E-state index contributed by atoms with van der Waals surface area (Å²) in [5, 5.41) is 11.0. The highest BCUT2D eigenvalue weighted by Crippen LogP contribution is 2.50. The molecule has 1 aliphatic heterocycles. The van der Waals surface area contributed by atoms with Crippen molar-refractivity contribution in [3.05, 3.63) is 0 Å². The zero-order valence-corrected chi connectivity index (χ0v) is 11.4. The van der Waals surface area contributed by atoms with E-state index >= 15 is 0 Å². The Kier molecular flexibility index (Phi) is 3.81. The minimum Gasteiger partial charge on any atom is -0.389 e. The molecule has 1 heterocycles. The first-order chi connectivity index (χ1) is 8.03. The van der Waals surface area contributed by atoms with E-state index in [9.17, 15) is 5.11 Å². The Morgan fingerprint density at radius 2 is 1.65 bits per heavy atom. The van der Waals surface area contributed by atoms with Gasteiger partial charge in [0.2, 0.25) is 0 Å². The van der Waals surface area contributed by atoms with Gasteiger partial charge in [-0.1, -0.05) is 12.8 Å². The van der Waals surface area contributed by atoms with Gasteiger partial charge < -0.3 is 15.7 Å². The summed E-state index contributed by atoms with van der Waals surface area (Å²) in [5.74, 6) is 0. The summed E-state index contributed by atoms with van der Waals surface area (Å²) in [5.41, 5.74) is 5.53. The average Bonchev–Trinajstić information content (AvgIpc) is 2.79. The van der Waals surface area contributed by atoms with Crippen molar-refractivity contribution in [3.8, 4) is 0 Å². The van der Waals surface area contributed by atoms with Crippen LogP contribution in [0.2, 0.25) is 0 Å². The molecule has 0 bridgehead atoms. The van der Waals surface area contributed by atoms with Gasteiger partial charge in [0.1, 0.15) is 0 Å². The summed E-state index contributed by atoms with van der Waals surface area (Å²) in [6, 6.07) is 0.594. The lowest BCUT2D eigenvalue weighted by molar-refractivity contribution is -0.118. The number of nitrogens with zero attached hydrogens (tertiary/aromatic N) is 1. The van der Waals surface area contributed by atoms with Crippen molar-refractivity contribution in [3.63, 3.8) is 0 Å². The van der Waals surface area contributed by atoms with E-state index in [1.165, 1.54) is 12.8 Å². The SMILES string of the molecule is CC(C)N1CCC(O)(C2(CN)CCCC2)CC1. The monoisotopic (exact) mass is 240 g/mol. The van der Waals surface area contributed by atoms with Crippen LogP contribution in [0.3, 0.4) is 0 Å². The van der Waals surface area contributed by atoms with E-state index in [1.807, 2.05) is 0 Å². The molecule has 1 saturated heterocycles. The van der Waals surface area contributed by atoms with Gasteiger partial charge in [0.25, 0.3) is 0 Å². The molecule has 0 unspecified atom stereocenters.